The fourth-order valence-corrected chi connectivity index (χ4v) is 3.36. The SMILES string of the molecule is Cc1cc(N2CCOc3ncnc(N)c3C2=O)cc(C)c1C#CC(C)(C)CC(=O)O. The van der Waals surface area contributed by atoms with Crippen molar-refractivity contribution in [3.63, 3.8) is 0 Å². The van der Waals surface area contributed by atoms with Gasteiger partial charge in [0.15, 0.2) is 0 Å². The number of anilines is 2. The summed E-state index contributed by atoms with van der Waals surface area (Å²) in [5, 5.41) is 9.04. The molecule has 1 aromatic carbocycles. The van der Waals surface area contributed by atoms with Crippen molar-refractivity contribution in [3.8, 4) is 17.7 Å². The minimum atomic E-state index is -0.886. The van der Waals surface area contributed by atoms with Crippen molar-refractivity contribution in [1.29, 1.82) is 0 Å². The van der Waals surface area contributed by atoms with E-state index in [1.165, 1.54) is 6.33 Å². The molecule has 2 aromatic rings. The number of nitrogens with zero attached hydrogens (tertiary/aromatic N) is 3. The Balaban J connectivity index is 1.97. The van der Waals surface area contributed by atoms with Crippen molar-refractivity contribution in [1.82, 2.24) is 9.97 Å². The highest BCUT2D eigenvalue weighted by molar-refractivity contribution is 6.10. The third-order valence-corrected chi connectivity index (χ3v) is 4.80. The van der Waals surface area contributed by atoms with Crippen LogP contribution in [-0.2, 0) is 4.79 Å². The first-order valence-corrected chi connectivity index (χ1v) is 9.50. The second-order valence-corrected chi connectivity index (χ2v) is 7.90. The van der Waals surface area contributed by atoms with Crippen LogP contribution in [0.3, 0.4) is 0 Å². The van der Waals surface area contributed by atoms with Crippen molar-refractivity contribution in [3.05, 3.63) is 40.7 Å². The van der Waals surface area contributed by atoms with Gasteiger partial charge >= 0.3 is 5.97 Å². The first-order valence-electron chi connectivity index (χ1n) is 9.50. The molecule has 0 saturated carbocycles. The van der Waals surface area contributed by atoms with Crippen molar-refractivity contribution in [2.24, 2.45) is 5.41 Å². The number of ether oxygens (including phenoxy) is 1. The molecule has 30 heavy (non-hydrogen) atoms. The number of benzene rings is 1. The number of carboxylic acids is 1. The summed E-state index contributed by atoms with van der Waals surface area (Å²) in [7, 11) is 0. The molecular weight excluding hydrogens is 384 g/mol. The molecule has 1 aliphatic rings. The Labute approximate surface area is 175 Å². The van der Waals surface area contributed by atoms with E-state index in [1.807, 2.05) is 26.0 Å². The Morgan fingerprint density at radius 2 is 1.97 bits per heavy atom. The molecule has 0 unspecified atom stereocenters. The molecule has 0 bridgehead atoms. The van der Waals surface area contributed by atoms with E-state index < -0.39 is 11.4 Å². The number of nitrogens with two attached hydrogens (primary N) is 1. The first kappa shape index (κ1) is 21.1. The highest BCUT2D eigenvalue weighted by atomic mass is 16.5. The summed E-state index contributed by atoms with van der Waals surface area (Å²) in [6.45, 7) is 8.03. The number of rotatable bonds is 3. The third kappa shape index (κ3) is 4.35. The largest absolute Gasteiger partial charge is 0.481 e. The Morgan fingerprint density at radius 1 is 1.30 bits per heavy atom. The van der Waals surface area contributed by atoms with Crippen molar-refractivity contribution >= 4 is 23.4 Å². The Hall–Kier alpha value is -3.60. The first-order chi connectivity index (χ1) is 14.1. The molecule has 2 heterocycles. The summed E-state index contributed by atoms with van der Waals surface area (Å²) in [5.41, 5.74) is 8.70. The predicted octanol–water partition coefficient (Wildman–Crippen LogP) is 2.57. The lowest BCUT2D eigenvalue weighted by molar-refractivity contribution is -0.138. The normalized spacial score (nSPS) is 13.6. The Kier molecular flexibility index (Phi) is 5.65. The van der Waals surface area contributed by atoms with Crippen molar-refractivity contribution in [2.75, 3.05) is 23.8 Å². The van der Waals surface area contributed by atoms with Gasteiger partial charge in [-0.05, 0) is 51.0 Å². The second kappa shape index (κ2) is 8.03. The molecule has 3 rings (SSSR count). The van der Waals surface area contributed by atoms with Crippen LogP contribution < -0.4 is 15.4 Å². The summed E-state index contributed by atoms with van der Waals surface area (Å²) < 4.78 is 5.58. The smallest absolute Gasteiger partial charge is 0.304 e. The van der Waals surface area contributed by atoms with Crippen LogP contribution in [0.1, 0.15) is 47.3 Å². The number of carbonyl (C=O) groups is 2. The zero-order valence-corrected chi connectivity index (χ0v) is 17.4. The highest BCUT2D eigenvalue weighted by Gasteiger charge is 2.29. The van der Waals surface area contributed by atoms with Gasteiger partial charge in [-0.15, -0.1) is 0 Å². The van der Waals surface area contributed by atoms with Gasteiger partial charge in [0.25, 0.3) is 5.91 Å². The maximum absolute atomic E-state index is 13.1. The molecule has 8 nitrogen and oxygen atoms in total. The van der Waals surface area contributed by atoms with Crippen LogP contribution >= 0.6 is 0 Å². The number of aromatic nitrogens is 2. The summed E-state index contributed by atoms with van der Waals surface area (Å²) >= 11 is 0. The van der Waals surface area contributed by atoms with E-state index >= 15 is 0 Å². The van der Waals surface area contributed by atoms with Gasteiger partial charge in [0, 0.05) is 16.7 Å². The van der Waals surface area contributed by atoms with Crippen LogP contribution in [0.25, 0.3) is 0 Å². The fourth-order valence-electron chi connectivity index (χ4n) is 3.36. The van der Waals surface area contributed by atoms with Crippen molar-refractivity contribution in [2.45, 2.75) is 34.1 Å². The number of nitrogen functional groups attached to an aromatic ring is 1. The lowest BCUT2D eigenvalue weighted by atomic mass is 9.89. The van der Waals surface area contributed by atoms with Gasteiger partial charge in [-0.2, -0.15) is 0 Å². The van der Waals surface area contributed by atoms with Crippen LogP contribution in [0.2, 0.25) is 0 Å². The van der Waals surface area contributed by atoms with E-state index in [2.05, 4.69) is 21.8 Å². The maximum atomic E-state index is 13.1. The standard InChI is InChI=1S/C22H24N4O4/c1-13-9-15(10-14(2)16(13)5-6-22(3,4)11-17(27)28)26-7-8-30-20-18(21(26)29)19(23)24-12-25-20/h9-10,12H,7-8,11H2,1-4H3,(H,27,28)(H2,23,24,25). The monoisotopic (exact) mass is 408 g/mol. The summed E-state index contributed by atoms with van der Waals surface area (Å²) in [6, 6.07) is 3.76. The van der Waals surface area contributed by atoms with Gasteiger partial charge in [0.05, 0.1) is 13.0 Å². The van der Waals surface area contributed by atoms with Gasteiger partial charge < -0.3 is 20.5 Å². The number of carboxylic acid groups (broad SMARTS) is 1. The number of aryl methyl sites for hydroxylation is 2. The van der Waals surface area contributed by atoms with Crippen molar-refractivity contribution < 1.29 is 19.4 Å². The van der Waals surface area contributed by atoms with E-state index in [-0.39, 0.29) is 36.2 Å². The molecule has 0 fully saturated rings. The molecule has 1 aliphatic heterocycles. The average Bonchev–Trinajstić information content (AvgIpc) is 2.79. The lowest BCUT2D eigenvalue weighted by Gasteiger charge is -2.22. The maximum Gasteiger partial charge on any atom is 0.304 e. The van der Waals surface area contributed by atoms with Crippen LogP contribution in [0.4, 0.5) is 11.5 Å². The molecule has 0 radical (unpaired) electrons. The molecule has 0 atom stereocenters. The number of hydrogen-bond acceptors (Lipinski definition) is 6. The number of aliphatic carboxylic acids is 1. The highest BCUT2D eigenvalue weighted by Crippen LogP contribution is 2.30. The zero-order valence-electron chi connectivity index (χ0n) is 17.4. The lowest BCUT2D eigenvalue weighted by Crippen LogP contribution is -2.33. The molecule has 3 N–H and O–H groups in total. The van der Waals surface area contributed by atoms with Gasteiger partial charge in [-0.25, -0.2) is 9.97 Å². The zero-order chi connectivity index (χ0) is 22.1. The summed E-state index contributed by atoms with van der Waals surface area (Å²) in [5.74, 6) is 5.25. The number of fused-ring (bicyclic) bond motifs is 1. The number of carbonyl (C=O) groups excluding carboxylic acids is 1. The van der Waals surface area contributed by atoms with Crippen LogP contribution in [0.15, 0.2) is 18.5 Å². The molecule has 1 aromatic heterocycles. The molecule has 0 aliphatic carbocycles. The molecule has 1 amide bonds. The van der Waals surface area contributed by atoms with E-state index in [0.29, 0.717) is 12.2 Å². The van der Waals surface area contributed by atoms with Gasteiger partial charge in [-0.1, -0.05) is 11.8 Å². The molecule has 8 heteroatoms. The van der Waals surface area contributed by atoms with Crippen LogP contribution in [0, 0.1) is 31.1 Å². The average molecular weight is 408 g/mol. The third-order valence-electron chi connectivity index (χ3n) is 4.80. The van der Waals surface area contributed by atoms with E-state index in [4.69, 9.17) is 15.6 Å². The summed E-state index contributed by atoms with van der Waals surface area (Å²) in [6.07, 6.45) is 1.23. The Bertz CT molecular complexity index is 1060. The molecular formula is C22H24N4O4. The van der Waals surface area contributed by atoms with E-state index in [9.17, 15) is 9.59 Å². The van der Waals surface area contributed by atoms with Crippen LogP contribution in [0.5, 0.6) is 5.88 Å². The fraction of sp³-hybridized carbons (Fsp3) is 0.364. The topological polar surface area (TPSA) is 119 Å². The van der Waals surface area contributed by atoms with E-state index in [1.54, 1.807) is 18.7 Å². The van der Waals surface area contributed by atoms with Gasteiger partial charge in [0.2, 0.25) is 5.88 Å². The minimum Gasteiger partial charge on any atom is -0.481 e. The van der Waals surface area contributed by atoms with Gasteiger partial charge in [-0.3, -0.25) is 9.59 Å². The minimum absolute atomic E-state index is 0.0403. The summed E-state index contributed by atoms with van der Waals surface area (Å²) in [4.78, 5) is 33.7. The number of amides is 1. The second-order valence-electron chi connectivity index (χ2n) is 7.90. The quantitative estimate of drug-likeness (QED) is 0.749. The molecule has 156 valence electrons. The molecule has 0 saturated heterocycles. The molecule has 0 spiro atoms. The Morgan fingerprint density at radius 3 is 2.60 bits per heavy atom. The van der Waals surface area contributed by atoms with Crippen LogP contribution in [-0.4, -0.2) is 40.1 Å². The predicted molar refractivity (Wildman–Crippen MR) is 112 cm³/mol. The van der Waals surface area contributed by atoms with E-state index in [0.717, 1.165) is 16.7 Å². The number of hydrogen-bond donors (Lipinski definition) is 2. The van der Waals surface area contributed by atoms with Gasteiger partial charge in [0.1, 0.15) is 24.3 Å².